The van der Waals surface area contributed by atoms with Gasteiger partial charge in [-0.25, -0.2) is 0 Å². The molecule has 1 saturated heterocycles. The summed E-state index contributed by atoms with van der Waals surface area (Å²) in [5, 5.41) is 3.82. The first-order chi connectivity index (χ1) is 14.4. The molecule has 2 amide bonds. The van der Waals surface area contributed by atoms with Gasteiger partial charge in [0.2, 0.25) is 5.91 Å². The second kappa shape index (κ2) is 10.3. The van der Waals surface area contributed by atoms with E-state index in [9.17, 15) is 9.59 Å². The van der Waals surface area contributed by atoms with Crippen molar-refractivity contribution in [3.8, 4) is 0 Å². The molecule has 162 valence electrons. The summed E-state index contributed by atoms with van der Waals surface area (Å²) in [4.78, 5) is 29.8. The van der Waals surface area contributed by atoms with Crippen LogP contribution in [0.3, 0.4) is 0 Å². The van der Waals surface area contributed by atoms with Gasteiger partial charge in [0.05, 0.1) is 12.3 Å². The lowest BCUT2D eigenvalue weighted by Crippen LogP contribution is -2.48. The quantitative estimate of drug-likeness (QED) is 0.645. The van der Waals surface area contributed by atoms with E-state index >= 15 is 0 Å². The van der Waals surface area contributed by atoms with Crippen LogP contribution in [0.25, 0.3) is 0 Å². The largest absolute Gasteiger partial charge is 0.468 e. The summed E-state index contributed by atoms with van der Waals surface area (Å²) in [6, 6.07) is 7.94. The Morgan fingerprint density at radius 1 is 1.23 bits per heavy atom. The summed E-state index contributed by atoms with van der Waals surface area (Å²) < 4.78 is 5.60. The lowest BCUT2D eigenvalue weighted by Gasteiger charge is -2.29. The predicted molar refractivity (Wildman–Crippen MR) is 118 cm³/mol. The molecule has 0 bridgehead atoms. The summed E-state index contributed by atoms with van der Waals surface area (Å²) in [5.74, 6) is 0.424. The fourth-order valence-electron chi connectivity index (χ4n) is 4.00. The summed E-state index contributed by atoms with van der Waals surface area (Å²) in [5.41, 5.74) is 0.392. The van der Waals surface area contributed by atoms with E-state index in [0.29, 0.717) is 35.1 Å². The van der Waals surface area contributed by atoms with Gasteiger partial charge in [-0.2, -0.15) is 0 Å². The van der Waals surface area contributed by atoms with E-state index < -0.39 is 6.04 Å². The van der Waals surface area contributed by atoms with Crippen LogP contribution in [-0.2, 0) is 4.79 Å². The van der Waals surface area contributed by atoms with Crippen LogP contribution in [0.15, 0.2) is 41.0 Å². The third-order valence-corrected chi connectivity index (χ3v) is 5.96. The molecule has 0 aliphatic carbocycles. The zero-order valence-corrected chi connectivity index (χ0v) is 18.7. The van der Waals surface area contributed by atoms with Gasteiger partial charge in [-0.3, -0.25) is 14.5 Å². The van der Waals surface area contributed by atoms with E-state index in [2.05, 4.69) is 24.1 Å². The minimum atomic E-state index is -0.510. The minimum Gasteiger partial charge on any atom is -0.468 e. The molecule has 1 aromatic carbocycles. The summed E-state index contributed by atoms with van der Waals surface area (Å²) in [6.07, 6.45) is 3.04. The molecule has 1 aliphatic heterocycles. The Morgan fingerprint density at radius 2 is 1.93 bits per heavy atom. The van der Waals surface area contributed by atoms with Crippen molar-refractivity contribution in [1.82, 2.24) is 15.1 Å². The molecule has 1 fully saturated rings. The van der Waals surface area contributed by atoms with Crippen LogP contribution >= 0.6 is 23.2 Å². The normalized spacial score (nSPS) is 17.4. The lowest BCUT2D eigenvalue weighted by atomic mass is 10.1. The Hall–Kier alpha value is -2.02. The molecular weight excluding hydrogens is 425 g/mol. The van der Waals surface area contributed by atoms with Gasteiger partial charge in [0.15, 0.2) is 0 Å². The summed E-state index contributed by atoms with van der Waals surface area (Å²) in [7, 11) is 0. The number of carbonyl (C=O) groups is 2. The fraction of sp³-hybridized carbons (Fsp3) is 0.455. The number of rotatable bonds is 8. The molecule has 0 saturated carbocycles. The first-order valence-corrected chi connectivity index (χ1v) is 11.0. The van der Waals surface area contributed by atoms with Crippen molar-refractivity contribution in [2.24, 2.45) is 0 Å². The van der Waals surface area contributed by atoms with E-state index in [1.807, 2.05) is 12.1 Å². The highest BCUT2D eigenvalue weighted by atomic mass is 35.5. The number of carbonyl (C=O) groups excluding carboxylic acids is 2. The van der Waals surface area contributed by atoms with Crippen LogP contribution in [0, 0.1) is 0 Å². The summed E-state index contributed by atoms with van der Waals surface area (Å²) in [6.45, 7) is 6.76. The Kier molecular flexibility index (Phi) is 7.81. The number of likely N-dealkylation sites (tertiary alicyclic amines) is 1. The maximum atomic E-state index is 13.0. The first-order valence-electron chi connectivity index (χ1n) is 10.3. The van der Waals surface area contributed by atoms with Gasteiger partial charge >= 0.3 is 0 Å². The Bertz CT molecular complexity index is 848. The number of nitrogens with zero attached hydrogens (tertiary/aromatic N) is 2. The van der Waals surface area contributed by atoms with Crippen molar-refractivity contribution >= 4 is 35.0 Å². The number of furan rings is 1. The maximum Gasteiger partial charge on any atom is 0.254 e. The molecule has 1 N–H and O–H groups in total. The van der Waals surface area contributed by atoms with Gasteiger partial charge < -0.3 is 14.6 Å². The van der Waals surface area contributed by atoms with Gasteiger partial charge in [-0.1, -0.05) is 37.0 Å². The van der Waals surface area contributed by atoms with Crippen molar-refractivity contribution in [3.05, 3.63) is 58.0 Å². The average molecular weight is 452 g/mol. The molecule has 1 aromatic heterocycles. The molecule has 0 spiro atoms. The third-order valence-electron chi connectivity index (χ3n) is 5.52. The second-order valence-electron chi connectivity index (χ2n) is 7.31. The minimum absolute atomic E-state index is 0.0590. The number of likely N-dealkylation sites (N-methyl/N-ethyl adjacent to an activating group) is 1. The van der Waals surface area contributed by atoms with Gasteiger partial charge in [0.1, 0.15) is 11.8 Å². The molecule has 1 aliphatic rings. The van der Waals surface area contributed by atoms with E-state index in [0.717, 1.165) is 25.3 Å². The highest BCUT2D eigenvalue weighted by molar-refractivity contribution is 6.35. The number of hydrogen-bond acceptors (Lipinski definition) is 4. The standard InChI is InChI=1S/C22H27Cl2N3O3/c1-3-26(4-2)19(20-8-6-10-30-20)14-25-21(28)18-7-5-9-27(18)22(29)15-11-16(23)13-17(24)12-15/h6,8,10-13,18-19H,3-5,7,9,14H2,1-2H3,(H,25,28). The topological polar surface area (TPSA) is 65.8 Å². The van der Waals surface area contributed by atoms with Gasteiger partial charge in [-0.15, -0.1) is 0 Å². The van der Waals surface area contributed by atoms with Crippen molar-refractivity contribution in [2.75, 3.05) is 26.2 Å². The van der Waals surface area contributed by atoms with Gasteiger partial charge in [0.25, 0.3) is 5.91 Å². The zero-order chi connectivity index (χ0) is 21.7. The second-order valence-corrected chi connectivity index (χ2v) is 8.19. The number of benzene rings is 1. The lowest BCUT2D eigenvalue weighted by molar-refractivity contribution is -0.125. The Morgan fingerprint density at radius 3 is 2.53 bits per heavy atom. The highest BCUT2D eigenvalue weighted by Crippen LogP contribution is 2.25. The van der Waals surface area contributed by atoms with Crippen LogP contribution < -0.4 is 5.32 Å². The van der Waals surface area contributed by atoms with Crippen molar-refractivity contribution in [1.29, 1.82) is 0 Å². The molecule has 8 heteroatoms. The molecule has 30 heavy (non-hydrogen) atoms. The number of hydrogen-bond donors (Lipinski definition) is 1. The van der Waals surface area contributed by atoms with Crippen molar-refractivity contribution in [3.63, 3.8) is 0 Å². The van der Waals surface area contributed by atoms with Crippen molar-refractivity contribution in [2.45, 2.75) is 38.8 Å². The first kappa shape index (κ1) is 22.7. The molecule has 6 nitrogen and oxygen atoms in total. The zero-order valence-electron chi connectivity index (χ0n) is 17.2. The van der Waals surface area contributed by atoms with Gasteiger partial charge in [0, 0.05) is 28.7 Å². The maximum absolute atomic E-state index is 13.0. The smallest absolute Gasteiger partial charge is 0.254 e. The molecule has 3 rings (SSSR count). The number of halogens is 2. The fourth-order valence-corrected chi connectivity index (χ4v) is 4.52. The Balaban J connectivity index is 1.69. The molecule has 2 heterocycles. The Labute approximate surface area is 187 Å². The molecule has 2 unspecified atom stereocenters. The molecule has 2 atom stereocenters. The average Bonchev–Trinajstić information content (AvgIpc) is 3.41. The number of nitrogens with one attached hydrogen (secondary N) is 1. The molecule has 2 aromatic rings. The SMILES string of the molecule is CCN(CC)C(CNC(=O)C1CCCN1C(=O)c1cc(Cl)cc(Cl)c1)c1ccco1. The predicted octanol–water partition coefficient (Wildman–Crippen LogP) is 4.39. The van der Waals surface area contributed by atoms with Crippen LogP contribution in [0.2, 0.25) is 10.0 Å². The van der Waals surface area contributed by atoms with Crippen molar-refractivity contribution < 1.29 is 14.0 Å². The monoisotopic (exact) mass is 451 g/mol. The molecular formula is C22H27Cl2N3O3. The van der Waals surface area contributed by atoms with Crippen LogP contribution in [0.5, 0.6) is 0 Å². The van der Waals surface area contributed by atoms with Gasteiger partial charge in [-0.05, 0) is 56.3 Å². The van der Waals surface area contributed by atoms with E-state index in [-0.39, 0.29) is 17.9 Å². The third kappa shape index (κ3) is 5.17. The van der Waals surface area contributed by atoms with E-state index in [4.69, 9.17) is 27.6 Å². The van der Waals surface area contributed by atoms with Crippen LogP contribution in [-0.4, -0.2) is 53.8 Å². The van der Waals surface area contributed by atoms with E-state index in [1.54, 1.807) is 29.4 Å². The van der Waals surface area contributed by atoms with Crippen LogP contribution in [0.4, 0.5) is 0 Å². The highest BCUT2D eigenvalue weighted by Gasteiger charge is 2.35. The number of amides is 2. The summed E-state index contributed by atoms with van der Waals surface area (Å²) >= 11 is 12.1. The molecule has 0 radical (unpaired) electrons. The van der Waals surface area contributed by atoms with E-state index in [1.165, 1.54) is 0 Å². The van der Waals surface area contributed by atoms with Crippen LogP contribution in [0.1, 0.15) is 48.8 Å².